The summed E-state index contributed by atoms with van der Waals surface area (Å²) in [4.78, 5) is 15.6. The normalized spacial score (nSPS) is 36.6. The second kappa shape index (κ2) is 5.32. The van der Waals surface area contributed by atoms with Crippen LogP contribution in [0.5, 0.6) is 0 Å². The first-order valence-electron chi connectivity index (χ1n) is 7.40. The summed E-state index contributed by atoms with van der Waals surface area (Å²) in [5.41, 5.74) is 0.826. The molecule has 3 rings (SSSR count). The standard InChI is InChI=1S/C15H22N2O3S/c1-17-9-16-14(13(17)7-18)10-3-11-5-15(19,8-21(2)20)6-12(11)4-10/h7,9-12,19H,3-6,8H2,1-2H3. The largest absolute Gasteiger partial charge is 0.389 e. The molecule has 1 aromatic heterocycles. The molecule has 1 N–H and O–H groups in total. The maximum absolute atomic E-state index is 11.4. The predicted octanol–water partition coefficient (Wildman–Crippen LogP) is 1.25. The van der Waals surface area contributed by atoms with Gasteiger partial charge >= 0.3 is 0 Å². The van der Waals surface area contributed by atoms with Gasteiger partial charge in [-0.25, -0.2) is 4.98 Å². The molecular formula is C15H22N2O3S. The number of carbonyl (C=O) groups excluding carboxylic acids is 1. The number of aldehydes is 1. The number of nitrogens with zero attached hydrogens (tertiary/aromatic N) is 2. The highest BCUT2D eigenvalue weighted by molar-refractivity contribution is 7.84. The Kier molecular flexibility index (Phi) is 3.78. The lowest BCUT2D eigenvalue weighted by atomic mass is 9.93. The van der Waals surface area contributed by atoms with E-state index in [1.54, 1.807) is 17.2 Å². The van der Waals surface area contributed by atoms with Crippen molar-refractivity contribution in [1.29, 1.82) is 0 Å². The second-order valence-corrected chi connectivity index (χ2v) is 8.22. The molecule has 2 aliphatic carbocycles. The summed E-state index contributed by atoms with van der Waals surface area (Å²) in [6, 6.07) is 0. The van der Waals surface area contributed by atoms with Gasteiger partial charge in [-0.2, -0.15) is 0 Å². The van der Waals surface area contributed by atoms with Crippen molar-refractivity contribution in [1.82, 2.24) is 9.55 Å². The molecule has 0 radical (unpaired) electrons. The van der Waals surface area contributed by atoms with E-state index in [2.05, 4.69) is 4.98 Å². The van der Waals surface area contributed by atoms with Gasteiger partial charge in [0.1, 0.15) is 5.69 Å². The molecule has 1 aromatic rings. The SMILES string of the molecule is Cn1cnc(C2CC3CC(O)(CS(C)=O)CC3C2)c1C=O. The quantitative estimate of drug-likeness (QED) is 0.850. The van der Waals surface area contributed by atoms with Crippen molar-refractivity contribution >= 4 is 17.1 Å². The van der Waals surface area contributed by atoms with Crippen LogP contribution in [0.15, 0.2) is 6.33 Å². The number of fused-ring (bicyclic) bond motifs is 1. The van der Waals surface area contributed by atoms with Gasteiger partial charge in [0.25, 0.3) is 0 Å². The average Bonchev–Trinajstić information content (AvgIpc) is 2.98. The van der Waals surface area contributed by atoms with Crippen LogP contribution in [0.3, 0.4) is 0 Å². The Hall–Kier alpha value is -1.01. The third kappa shape index (κ3) is 2.71. The molecular weight excluding hydrogens is 288 g/mol. The van der Waals surface area contributed by atoms with Gasteiger partial charge in [-0.1, -0.05) is 0 Å². The minimum Gasteiger partial charge on any atom is -0.389 e. The molecule has 0 saturated heterocycles. The maximum atomic E-state index is 11.4. The molecule has 6 heteroatoms. The van der Waals surface area contributed by atoms with Gasteiger partial charge in [-0.3, -0.25) is 9.00 Å². The number of hydrogen-bond donors (Lipinski definition) is 1. The molecule has 5 nitrogen and oxygen atoms in total. The van der Waals surface area contributed by atoms with Crippen LogP contribution in [0.4, 0.5) is 0 Å². The van der Waals surface area contributed by atoms with E-state index in [9.17, 15) is 14.1 Å². The monoisotopic (exact) mass is 310 g/mol. The number of carbonyl (C=O) groups is 1. The van der Waals surface area contributed by atoms with E-state index < -0.39 is 16.4 Å². The van der Waals surface area contributed by atoms with E-state index in [0.717, 1.165) is 37.7 Å². The highest BCUT2D eigenvalue weighted by atomic mass is 32.2. The van der Waals surface area contributed by atoms with Crippen molar-refractivity contribution in [2.45, 2.75) is 37.2 Å². The Bertz CT molecular complexity index is 569. The molecule has 116 valence electrons. The zero-order valence-corrected chi connectivity index (χ0v) is 13.3. The molecule has 0 aromatic carbocycles. The Morgan fingerprint density at radius 1 is 1.48 bits per heavy atom. The van der Waals surface area contributed by atoms with Gasteiger partial charge in [-0.05, 0) is 37.5 Å². The summed E-state index contributed by atoms with van der Waals surface area (Å²) < 4.78 is 13.2. The van der Waals surface area contributed by atoms with Crippen LogP contribution < -0.4 is 0 Å². The smallest absolute Gasteiger partial charge is 0.168 e. The van der Waals surface area contributed by atoms with Crippen LogP contribution in [0.2, 0.25) is 0 Å². The molecule has 3 atom stereocenters. The van der Waals surface area contributed by atoms with Gasteiger partial charge in [-0.15, -0.1) is 0 Å². The summed E-state index contributed by atoms with van der Waals surface area (Å²) in [7, 11) is 0.878. The van der Waals surface area contributed by atoms with E-state index in [-0.39, 0.29) is 0 Å². The van der Waals surface area contributed by atoms with Crippen molar-refractivity contribution in [2.75, 3.05) is 12.0 Å². The second-order valence-electron chi connectivity index (χ2n) is 6.78. The lowest BCUT2D eigenvalue weighted by molar-refractivity contribution is 0.0622. The predicted molar refractivity (Wildman–Crippen MR) is 80.7 cm³/mol. The van der Waals surface area contributed by atoms with Crippen molar-refractivity contribution in [3.63, 3.8) is 0 Å². The van der Waals surface area contributed by atoms with Crippen molar-refractivity contribution in [3.8, 4) is 0 Å². The van der Waals surface area contributed by atoms with Crippen LogP contribution in [0, 0.1) is 11.8 Å². The average molecular weight is 310 g/mol. The number of aromatic nitrogens is 2. The molecule has 1 heterocycles. The number of hydrogen-bond acceptors (Lipinski definition) is 4. The fourth-order valence-electron chi connectivity index (χ4n) is 4.41. The Morgan fingerprint density at radius 2 is 2.10 bits per heavy atom. The van der Waals surface area contributed by atoms with Gasteiger partial charge in [0.2, 0.25) is 0 Å². The zero-order chi connectivity index (χ0) is 15.2. The van der Waals surface area contributed by atoms with Gasteiger partial charge in [0.05, 0.1) is 23.4 Å². The summed E-state index contributed by atoms with van der Waals surface area (Å²) >= 11 is 0. The third-order valence-corrected chi connectivity index (χ3v) is 6.05. The van der Waals surface area contributed by atoms with Crippen molar-refractivity contribution in [2.24, 2.45) is 18.9 Å². The first-order valence-corrected chi connectivity index (χ1v) is 9.13. The number of imidazole rings is 1. The first kappa shape index (κ1) is 14.9. The van der Waals surface area contributed by atoms with Crippen LogP contribution in [-0.4, -0.2) is 42.8 Å². The fourth-order valence-corrected chi connectivity index (χ4v) is 5.40. The number of aliphatic hydroxyl groups is 1. The zero-order valence-electron chi connectivity index (χ0n) is 12.5. The van der Waals surface area contributed by atoms with E-state index in [1.165, 1.54) is 0 Å². The van der Waals surface area contributed by atoms with Gasteiger partial charge in [0.15, 0.2) is 6.29 Å². The Morgan fingerprint density at radius 3 is 2.62 bits per heavy atom. The number of rotatable bonds is 4. The fraction of sp³-hybridized carbons (Fsp3) is 0.733. The van der Waals surface area contributed by atoms with Gasteiger partial charge in [0, 0.05) is 30.0 Å². The minimum atomic E-state index is -0.961. The lowest BCUT2D eigenvalue weighted by Crippen LogP contribution is -2.32. The van der Waals surface area contributed by atoms with Crippen molar-refractivity contribution < 1.29 is 14.1 Å². The van der Waals surface area contributed by atoms with E-state index in [4.69, 9.17) is 0 Å². The van der Waals surface area contributed by atoms with Crippen LogP contribution in [-0.2, 0) is 17.8 Å². The number of aryl methyl sites for hydroxylation is 1. The molecule has 0 spiro atoms. The molecule has 2 aliphatic rings. The summed E-state index contributed by atoms with van der Waals surface area (Å²) in [6.45, 7) is 0. The van der Waals surface area contributed by atoms with Crippen LogP contribution >= 0.6 is 0 Å². The molecule has 2 fully saturated rings. The lowest BCUT2D eigenvalue weighted by Gasteiger charge is -2.23. The molecule has 3 unspecified atom stereocenters. The summed E-state index contributed by atoms with van der Waals surface area (Å²) in [5.74, 6) is 1.63. The van der Waals surface area contributed by atoms with Crippen LogP contribution in [0.1, 0.15) is 47.8 Å². The molecule has 0 aliphatic heterocycles. The Balaban J connectivity index is 1.72. The first-order chi connectivity index (χ1) is 9.92. The molecule has 2 saturated carbocycles. The third-order valence-electron chi connectivity index (χ3n) is 5.11. The van der Waals surface area contributed by atoms with E-state index in [1.807, 2.05) is 7.05 Å². The summed E-state index contributed by atoms with van der Waals surface area (Å²) in [5, 5.41) is 10.6. The highest BCUT2D eigenvalue weighted by Crippen LogP contribution is 2.53. The van der Waals surface area contributed by atoms with E-state index >= 15 is 0 Å². The Labute approximate surface area is 127 Å². The van der Waals surface area contributed by atoms with Crippen molar-refractivity contribution in [3.05, 3.63) is 17.7 Å². The minimum absolute atomic E-state index is 0.318. The van der Waals surface area contributed by atoms with E-state index in [0.29, 0.717) is 29.2 Å². The highest BCUT2D eigenvalue weighted by Gasteiger charge is 2.49. The maximum Gasteiger partial charge on any atom is 0.168 e. The molecule has 0 bridgehead atoms. The van der Waals surface area contributed by atoms with Gasteiger partial charge < -0.3 is 9.67 Å². The molecule has 21 heavy (non-hydrogen) atoms. The van der Waals surface area contributed by atoms with Crippen LogP contribution in [0.25, 0.3) is 0 Å². The topological polar surface area (TPSA) is 72.2 Å². The summed E-state index contributed by atoms with van der Waals surface area (Å²) in [6.07, 6.45) is 7.65. The molecule has 0 amide bonds.